The molecule has 116 valence electrons. The molecule has 2 rings (SSSR count). The van der Waals surface area contributed by atoms with E-state index in [1.807, 2.05) is 0 Å². The van der Waals surface area contributed by atoms with Crippen LogP contribution in [0.2, 0.25) is 0 Å². The molecule has 0 aliphatic heterocycles. The number of quaternary nitrogens is 1. The zero-order valence-corrected chi connectivity index (χ0v) is 11.8. The van der Waals surface area contributed by atoms with Gasteiger partial charge in [-0.05, 0) is 6.07 Å². The van der Waals surface area contributed by atoms with Crippen molar-refractivity contribution in [2.45, 2.75) is 0 Å². The highest BCUT2D eigenvalue weighted by atomic mass is 16.8. The topological polar surface area (TPSA) is 124 Å². The molecule has 0 spiro atoms. The van der Waals surface area contributed by atoms with Gasteiger partial charge in [0.25, 0.3) is 5.56 Å². The Balaban J connectivity index is 2.58. The predicted molar refractivity (Wildman–Crippen MR) is 78.1 cm³/mol. The molecule has 22 heavy (non-hydrogen) atoms. The molecule has 1 unspecified atom stereocenters. The van der Waals surface area contributed by atoms with Crippen LogP contribution in [-0.4, -0.2) is 25.7 Å². The average Bonchev–Trinajstić information content (AvgIpc) is 2.51. The van der Waals surface area contributed by atoms with Crippen molar-refractivity contribution in [2.24, 2.45) is 19.1 Å². The molecule has 0 amide bonds. The van der Waals surface area contributed by atoms with E-state index < -0.39 is 22.4 Å². The van der Waals surface area contributed by atoms with Gasteiger partial charge in [-0.3, -0.25) is 13.9 Å². The van der Waals surface area contributed by atoms with Crippen LogP contribution in [0.15, 0.2) is 38.8 Å². The van der Waals surface area contributed by atoms with Crippen molar-refractivity contribution in [2.75, 3.05) is 0 Å². The van der Waals surface area contributed by atoms with Crippen LogP contribution in [0, 0.1) is 5.21 Å². The number of rotatable bonds is 3. The van der Waals surface area contributed by atoms with Gasteiger partial charge < -0.3 is 10.3 Å². The molecule has 1 heterocycles. The van der Waals surface area contributed by atoms with Gasteiger partial charge >= 0.3 is 5.69 Å². The first-order valence-corrected chi connectivity index (χ1v) is 6.20. The maximum Gasteiger partial charge on any atom is 0.333 e. The van der Waals surface area contributed by atoms with Gasteiger partial charge in [0.2, 0.25) is 5.88 Å². The van der Waals surface area contributed by atoms with Crippen molar-refractivity contribution in [3.8, 4) is 5.88 Å². The number of aromatic hydroxyl groups is 1. The van der Waals surface area contributed by atoms with Crippen LogP contribution in [0.4, 0.5) is 11.4 Å². The summed E-state index contributed by atoms with van der Waals surface area (Å²) < 4.78 is 1.72. The minimum atomic E-state index is -1.16. The number of nitrogens with one attached hydrogen (secondary N) is 1. The van der Waals surface area contributed by atoms with Crippen molar-refractivity contribution in [1.82, 2.24) is 9.13 Å². The molecule has 9 heteroatoms. The molecule has 1 atom stereocenters. The second-order valence-electron chi connectivity index (χ2n) is 4.52. The van der Waals surface area contributed by atoms with Crippen molar-refractivity contribution < 1.29 is 15.5 Å². The molecular weight excluding hydrogens is 292 g/mol. The van der Waals surface area contributed by atoms with Crippen LogP contribution in [0.1, 0.15) is 5.56 Å². The third kappa shape index (κ3) is 2.68. The first kappa shape index (κ1) is 15.6. The number of hydrogen-bond donors (Lipinski definition) is 3. The second kappa shape index (κ2) is 5.93. The van der Waals surface area contributed by atoms with E-state index in [9.17, 15) is 19.9 Å². The summed E-state index contributed by atoms with van der Waals surface area (Å²) in [7, 11) is 2.58. The Bertz CT molecular complexity index is 850. The minimum Gasteiger partial charge on any atom is -0.595 e. The van der Waals surface area contributed by atoms with E-state index >= 15 is 0 Å². The third-order valence-electron chi connectivity index (χ3n) is 3.13. The monoisotopic (exact) mass is 306 g/mol. The standard InChI is InChI=1S/C13H14N4O5/c1-15-11(18)8(12(19)16(2)13(15)20)7-14-9-5-3-4-6-10(9)17(21)22/h3-7,17-18,21H,1-2H3. The van der Waals surface area contributed by atoms with E-state index in [0.717, 1.165) is 15.3 Å². The Kier molecular flexibility index (Phi) is 4.22. The molecule has 0 aliphatic carbocycles. The van der Waals surface area contributed by atoms with E-state index in [0.29, 0.717) is 0 Å². The molecular formula is C13H14N4O5. The highest BCUT2D eigenvalue weighted by Gasteiger charge is 2.13. The lowest BCUT2D eigenvalue weighted by Crippen LogP contribution is -2.99. The van der Waals surface area contributed by atoms with E-state index in [4.69, 9.17) is 5.21 Å². The molecule has 0 radical (unpaired) electrons. The normalized spacial score (nSPS) is 12.7. The maximum absolute atomic E-state index is 12.0. The van der Waals surface area contributed by atoms with Gasteiger partial charge in [0.1, 0.15) is 11.3 Å². The molecule has 0 bridgehead atoms. The summed E-state index contributed by atoms with van der Waals surface area (Å²) in [5.74, 6) is -0.537. The summed E-state index contributed by atoms with van der Waals surface area (Å²) in [6.45, 7) is 0. The summed E-state index contributed by atoms with van der Waals surface area (Å²) in [6, 6.07) is 5.97. The van der Waals surface area contributed by atoms with E-state index in [1.54, 1.807) is 12.1 Å². The number of nitrogens with zero attached hydrogens (tertiary/aromatic N) is 3. The lowest BCUT2D eigenvalue weighted by atomic mass is 10.2. The predicted octanol–water partition coefficient (Wildman–Crippen LogP) is -1.06. The smallest absolute Gasteiger partial charge is 0.333 e. The lowest BCUT2D eigenvalue weighted by Gasteiger charge is -2.13. The zero-order chi connectivity index (χ0) is 16.4. The Morgan fingerprint density at radius 2 is 1.86 bits per heavy atom. The van der Waals surface area contributed by atoms with E-state index in [1.165, 1.54) is 26.2 Å². The summed E-state index contributed by atoms with van der Waals surface area (Å²) in [5, 5.41) is 28.9. The first-order valence-electron chi connectivity index (χ1n) is 6.20. The minimum absolute atomic E-state index is 0.0418. The number of benzene rings is 1. The van der Waals surface area contributed by atoms with E-state index in [2.05, 4.69) is 4.99 Å². The molecule has 0 aliphatic rings. The average molecular weight is 306 g/mol. The van der Waals surface area contributed by atoms with Crippen LogP contribution in [-0.2, 0) is 14.1 Å². The van der Waals surface area contributed by atoms with Crippen LogP contribution < -0.4 is 16.5 Å². The SMILES string of the molecule is Cn1c(O)c(C=Nc2ccccc2[NH+]([O-])O)c(=O)n(C)c1=O. The molecule has 0 saturated heterocycles. The molecule has 1 aromatic carbocycles. The zero-order valence-electron chi connectivity index (χ0n) is 11.8. The largest absolute Gasteiger partial charge is 0.595 e. The number of aliphatic imine (C=N–C) groups is 1. The van der Waals surface area contributed by atoms with Crippen LogP contribution in [0.3, 0.4) is 0 Å². The van der Waals surface area contributed by atoms with Crippen molar-refractivity contribution in [3.63, 3.8) is 0 Å². The van der Waals surface area contributed by atoms with Crippen LogP contribution >= 0.6 is 0 Å². The second-order valence-corrected chi connectivity index (χ2v) is 4.52. The van der Waals surface area contributed by atoms with Crippen molar-refractivity contribution in [3.05, 3.63) is 55.9 Å². The molecule has 2 aromatic rings. The van der Waals surface area contributed by atoms with E-state index in [-0.39, 0.29) is 16.9 Å². The van der Waals surface area contributed by atoms with Gasteiger partial charge in [0.05, 0.1) is 0 Å². The van der Waals surface area contributed by atoms with Gasteiger partial charge in [-0.15, -0.1) is 0 Å². The Morgan fingerprint density at radius 1 is 1.23 bits per heavy atom. The number of hydrogen-bond acceptors (Lipinski definition) is 6. The fourth-order valence-corrected chi connectivity index (χ4v) is 1.87. The van der Waals surface area contributed by atoms with Gasteiger partial charge in [-0.1, -0.05) is 12.1 Å². The molecule has 1 aromatic heterocycles. The van der Waals surface area contributed by atoms with Gasteiger partial charge in [0.15, 0.2) is 5.69 Å². The fraction of sp³-hybridized carbons (Fsp3) is 0.154. The summed E-state index contributed by atoms with van der Waals surface area (Å²) >= 11 is 0. The Morgan fingerprint density at radius 3 is 2.50 bits per heavy atom. The highest BCUT2D eigenvalue weighted by Crippen LogP contribution is 2.20. The van der Waals surface area contributed by atoms with Gasteiger partial charge in [0, 0.05) is 26.4 Å². The third-order valence-corrected chi connectivity index (χ3v) is 3.13. The Hall–Kier alpha value is -2.75. The number of para-hydroxylation sites is 2. The highest BCUT2D eigenvalue weighted by molar-refractivity contribution is 5.85. The molecule has 0 saturated carbocycles. The van der Waals surface area contributed by atoms with Crippen molar-refractivity contribution in [1.29, 1.82) is 0 Å². The molecule has 0 fully saturated rings. The lowest BCUT2D eigenvalue weighted by molar-refractivity contribution is -0.990. The van der Waals surface area contributed by atoms with Crippen LogP contribution in [0.25, 0.3) is 0 Å². The molecule has 3 N–H and O–H groups in total. The summed E-state index contributed by atoms with van der Waals surface area (Å²) in [4.78, 5) is 27.5. The fourth-order valence-electron chi connectivity index (χ4n) is 1.87. The summed E-state index contributed by atoms with van der Waals surface area (Å²) in [5.41, 5.74) is -1.52. The van der Waals surface area contributed by atoms with Crippen molar-refractivity contribution >= 4 is 17.6 Å². The van der Waals surface area contributed by atoms with Gasteiger partial charge in [-0.2, -0.15) is 5.23 Å². The van der Waals surface area contributed by atoms with Crippen LogP contribution in [0.5, 0.6) is 5.88 Å². The maximum atomic E-state index is 12.0. The quantitative estimate of drug-likeness (QED) is 0.492. The summed E-state index contributed by atoms with van der Waals surface area (Å²) in [6.07, 6.45) is 1.04. The number of aromatic nitrogens is 2. The van der Waals surface area contributed by atoms with Gasteiger partial charge in [-0.25, -0.2) is 15.0 Å². The molecule has 9 nitrogen and oxygen atoms in total. The first-order chi connectivity index (χ1) is 10.3. The Labute approximate surface area is 124 Å².